The van der Waals surface area contributed by atoms with Gasteiger partial charge in [-0.1, -0.05) is 0 Å². The van der Waals surface area contributed by atoms with Crippen LogP contribution in [0, 0.1) is 0 Å². The van der Waals surface area contributed by atoms with E-state index in [2.05, 4.69) is 30.4 Å². The van der Waals surface area contributed by atoms with Gasteiger partial charge in [-0.25, -0.2) is 9.97 Å². The van der Waals surface area contributed by atoms with Gasteiger partial charge in [-0.3, -0.25) is 4.90 Å². The predicted molar refractivity (Wildman–Crippen MR) is 82.5 cm³/mol. The molecular formula is C15H21N7. The monoisotopic (exact) mass is 299 g/mol. The molecule has 1 atom stereocenters. The Morgan fingerprint density at radius 3 is 2.77 bits per heavy atom. The lowest BCUT2D eigenvalue weighted by molar-refractivity contribution is 0.304. The van der Waals surface area contributed by atoms with Gasteiger partial charge in [0.15, 0.2) is 0 Å². The molecule has 1 saturated heterocycles. The number of hydrogen-bond acceptors (Lipinski definition) is 6. The largest absolute Gasteiger partial charge is 0.366 e. The summed E-state index contributed by atoms with van der Waals surface area (Å²) in [5, 5.41) is 11.8. The molecule has 116 valence electrons. The molecule has 3 heterocycles. The van der Waals surface area contributed by atoms with E-state index in [0.29, 0.717) is 12.0 Å². The van der Waals surface area contributed by atoms with Gasteiger partial charge in [0.25, 0.3) is 0 Å². The maximum absolute atomic E-state index is 4.65. The summed E-state index contributed by atoms with van der Waals surface area (Å²) in [6.45, 7) is 3.99. The number of likely N-dealkylation sites (tertiary alicyclic amines) is 1. The van der Waals surface area contributed by atoms with Crippen LogP contribution in [0.15, 0.2) is 24.7 Å². The first-order valence-electron chi connectivity index (χ1n) is 8.03. The fourth-order valence-electron chi connectivity index (χ4n) is 2.94. The standard InChI is InChI=1S/C15H21N7/c1-2-12(1)15-16-5-3-14(20-15)19-13-4-8-21(11-13)9-10-22-17-6-7-18-22/h3,5-7,12-13H,1-2,4,8-11H2,(H,16,19,20). The molecule has 2 aliphatic rings. The van der Waals surface area contributed by atoms with Crippen molar-refractivity contribution in [1.82, 2.24) is 29.9 Å². The zero-order valence-electron chi connectivity index (χ0n) is 12.6. The van der Waals surface area contributed by atoms with E-state index in [0.717, 1.165) is 44.2 Å². The fraction of sp³-hybridized carbons (Fsp3) is 0.600. The molecule has 4 rings (SSSR count). The summed E-state index contributed by atoms with van der Waals surface area (Å²) in [6.07, 6.45) is 8.94. The number of hydrogen-bond donors (Lipinski definition) is 1. The molecule has 0 radical (unpaired) electrons. The van der Waals surface area contributed by atoms with Gasteiger partial charge in [0.1, 0.15) is 11.6 Å². The molecular weight excluding hydrogens is 278 g/mol. The topological polar surface area (TPSA) is 71.8 Å². The molecule has 1 saturated carbocycles. The van der Waals surface area contributed by atoms with Gasteiger partial charge in [0.2, 0.25) is 0 Å². The average Bonchev–Trinajstić information content (AvgIpc) is 3.08. The summed E-state index contributed by atoms with van der Waals surface area (Å²) >= 11 is 0. The summed E-state index contributed by atoms with van der Waals surface area (Å²) in [4.78, 5) is 13.2. The van der Waals surface area contributed by atoms with Crippen LogP contribution in [0.4, 0.5) is 5.82 Å². The van der Waals surface area contributed by atoms with E-state index in [1.165, 1.54) is 12.8 Å². The van der Waals surface area contributed by atoms with Crippen LogP contribution in [0.5, 0.6) is 0 Å². The normalized spacial score (nSPS) is 22.1. The molecule has 0 aromatic carbocycles. The Hall–Kier alpha value is -2.02. The highest BCUT2D eigenvalue weighted by Crippen LogP contribution is 2.38. The number of nitrogens with zero attached hydrogens (tertiary/aromatic N) is 6. The minimum atomic E-state index is 0.465. The zero-order chi connectivity index (χ0) is 14.8. The maximum Gasteiger partial charge on any atom is 0.133 e. The van der Waals surface area contributed by atoms with Crippen molar-refractivity contribution in [3.05, 3.63) is 30.5 Å². The van der Waals surface area contributed by atoms with Gasteiger partial charge in [0.05, 0.1) is 18.9 Å². The highest BCUT2D eigenvalue weighted by molar-refractivity contribution is 5.35. The van der Waals surface area contributed by atoms with E-state index in [1.54, 1.807) is 17.2 Å². The van der Waals surface area contributed by atoms with E-state index < -0.39 is 0 Å². The molecule has 2 aromatic heterocycles. The zero-order valence-corrected chi connectivity index (χ0v) is 12.6. The second-order valence-corrected chi connectivity index (χ2v) is 6.13. The van der Waals surface area contributed by atoms with Crippen molar-refractivity contribution < 1.29 is 0 Å². The maximum atomic E-state index is 4.65. The Morgan fingerprint density at radius 1 is 1.09 bits per heavy atom. The Balaban J connectivity index is 1.28. The Bertz CT molecular complexity index is 608. The number of anilines is 1. The van der Waals surface area contributed by atoms with Gasteiger partial charge in [-0.15, -0.1) is 0 Å². The summed E-state index contributed by atoms with van der Waals surface area (Å²) in [7, 11) is 0. The van der Waals surface area contributed by atoms with Gasteiger partial charge >= 0.3 is 0 Å². The van der Waals surface area contributed by atoms with Gasteiger partial charge in [-0.2, -0.15) is 15.0 Å². The summed E-state index contributed by atoms with van der Waals surface area (Å²) < 4.78 is 0. The van der Waals surface area contributed by atoms with Crippen LogP contribution < -0.4 is 5.32 Å². The minimum Gasteiger partial charge on any atom is -0.366 e. The second kappa shape index (κ2) is 6.00. The molecule has 22 heavy (non-hydrogen) atoms. The predicted octanol–water partition coefficient (Wildman–Crippen LogP) is 1.13. The molecule has 1 aliphatic heterocycles. The molecule has 7 nitrogen and oxygen atoms in total. The molecule has 0 spiro atoms. The molecule has 0 bridgehead atoms. The summed E-state index contributed by atoms with van der Waals surface area (Å²) in [5.74, 6) is 2.57. The van der Waals surface area contributed by atoms with Gasteiger partial charge < -0.3 is 5.32 Å². The molecule has 7 heteroatoms. The third kappa shape index (κ3) is 3.24. The number of rotatable bonds is 6. The Labute approximate surface area is 129 Å². The number of nitrogens with one attached hydrogen (secondary N) is 1. The van der Waals surface area contributed by atoms with Gasteiger partial charge in [-0.05, 0) is 25.3 Å². The van der Waals surface area contributed by atoms with E-state index >= 15 is 0 Å². The van der Waals surface area contributed by atoms with E-state index in [9.17, 15) is 0 Å². The third-order valence-electron chi connectivity index (χ3n) is 4.32. The lowest BCUT2D eigenvalue weighted by Crippen LogP contribution is -2.29. The van der Waals surface area contributed by atoms with Crippen LogP contribution in [0.3, 0.4) is 0 Å². The quantitative estimate of drug-likeness (QED) is 0.862. The van der Waals surface area contributed by atoms with Crippen molar-refractivity contribution in [2.24, 2.45) is 0 Å². The van der Waals surface area contributed by atoms with E-state index in [-0.39, 0.29) is 0 Å². The van der Waals surface area contributed by atoms with E-state index in [1.807, 2.05) is 12.3 Å². The molecule has 2 fully saturated rings. The molecule has 2 aromatic rings. The van der Waals surface area contributed by atoms with Crippen molar-refractivity contribution in [2.75, 3.05) is 25.0 Å². The molecule has 1 unspecified atom stereocenters. The fourth-order valence-corrected chi connectivity index (χ4v) is 2.94. The summed E-state index contributed by atoms with van der Waals surface area (Å²) in [5.41, 5.74) is 0. The number of aromatic nitrogens is 5. The SMILES string of the molecule is c1cc(NC2CCN(CCn3nccn3)C2)nc(C2CC2)n1. The van der Waals surface area contributed by atoms with Crippen LogP contribution in [-0.4, -0.2) is 55.5 Å². The highest BCUT2D eigenvalue weighted by atomic mass is 15.5. The van der Waals surface area contributed by atoms with Crippen molar-refractivity contribution in [1.29, 1.82) is 0 Å². The first-order valence-corrected chi connectivity index (χ1v) is 8.03. The highest BCUT2D eigenvalue weighted by Gasteiger charge is 2.27. The van der Waals surface area contributed by atoms with Crippen LogP contribution >= 0.6 is 0 Å². The lowest BCUT2D eigenvalue weighted by atomic mass is 10.2. The van der Waals surface area contributed by atoms with Crippen LogP contribution in [0.25, 0.3) is 0 Å². The van der Waals surface area contributed by atoms with Crippen LogP contribution in [-0.2, 0) is 6.54 Å². The van der Waals surface area contributed by atoms with Crippen molar-refractivity contribution in [2.45, 2.75) is 37.8 Å². The first kappa shape index (κ1) is 13.6. The third-order valence-corrected chi connectivity index (χ3v) is 4.32. The van der Waals surface area contributed by atoms with Crippen molar-refractivity contribution in [3.8, 4) is 0 Å². The first-order chi connectivity index (χ1) is 10.9. The minimum absolute atomic E-state index is 0.465. The summed E-state index contributed by atoms with van der Waals surface area (Å²) in [6, 6.07) is 2.44. The Morgan fingerprint density at radius 2 is 1.95 bits per heavy atom. The lowest BCUT2D eigenvalue weighted by Gasteiger charge is -2.16. The van der Waals surface area contributed by atoms with E-state index in [4.69, 9.17) is 0 Å². The van der Waals surface area contributed by atoms with Crippen LogP contribution in [0.1, 0.15) is 31.0 Å². The average molecular weight is 299 g/mol. The second-order valence-electron chi connectivity index (χ2n) is 6.13. The Kier molecular flexibility index (Phi) is 3.72. The smallest absolute Gasteiger partial charge is 0.133 e. The van der Waals surface area contributed by atoms with Crippen molar-refractivity contribution in [3.63, 3.8) is 0 Å². The molecule has 1 aliphatic carbocycles. The van der Waals surface area contributed by atoms with Crippen LogP contribution in [0.2, 0.25) is 0 Å². The van der Waals surface area contributed by atoms with Gasteiger partial charge in [0, 0.05) is 37.8 Å². The molecule has 0 amide bonds. The molecule has 1 N–H and O–H groups in total. The van der Waals surface area contributed by atoms with Crippen molar-refractivity contribution >= 4 is 5.82 Å².